The van der Waals surface area contributed by atoms with Crippen LogP contribution in [-0.2, 0) is 10.3 Å². The Labute approximate surface area is 146 Å². The van der Waals surface area contributed by atoms with Gasteiger partial charge in [0.25, 0.3) is 0 Å². The molecular formula is C17H23N3O3S. The average molecular weight is 349 g/mol. The van der Waals surface area contributed by atoms with Gasteiger partial charge in [0.2, 0.25) is 0 Å². The molecule has 130 valence electrons. The largest absolute Gasteiger partial charge is 0.465 e. The average Bonchev–Trinajstić information content (AvgIpc) is 2.85. The molecule has 0 saturated carbocycles. The number of carboxylic acid groups (broad SMARTS) is 1. The van der Waals surface area contributed by atoms with Gasteiger partial charge in [-0.15, -0.1) is 0 Å². The summed E-state index contributed by atoms with van der Waals surface area (Å²) in [6.07, 6.45) is -0.272. The van der Waals surface area contributed by atoms with Gasteiger partial charge in [0.05, 0.1) is 11.9 Å². The minimum atomic E-state index is -0.990. The van der Waals surface area contributed by atoms with Crippen LogP contribution in [0.2, 0.25) is 0 Å². The Hall–Kier alpha value is -1.73. The molecule has 1 aromatic rings. The van der Waals surface area contributed by atoms with Crippen LogP contribution in [0.5, 0.6) is 0 Å². The van der Waals surface area contributed by atoms with Crippen molar-refractivity contribution >= 4 is 28.7 Å². The second-order valence-corrected chi connectivity index (χ2v) is 8.33. The predicted octanol–water partition coefficient (Wildman–Crippen LogP) is 3.13. The van der Waals surface area contributed by atoms with Gasteiger partial charge >= 0.3 is 6.09 Å². The fourth-order valence-electron chi connectivity index (χ4n) is 3.26. The van der Waals surface area contributed by atoms with Gasteiger partial charge in [-0.05, 0) is 38.5 Å². The number of hydrogen-bond donors (Lipinski definition) is 2. The van der Waals surface area contributed by atoms with Crippen LogP contribution in [0.1, 0.15) is 32.8 Å². The minimum absolute atomic E-state index is 0.0484. The first-order valence-electron chi connectivity index (χ1n) is 7.97. The molecule has 2 aliphatic rings. The number of carbonyl (C=O) groups is 1. The second kappa shape index (κ2) is 5.97. The zero-order valence-corrected chi connectivity index (χ0v) is 15.0. The summed E-state index contributed by atoms with van der Waals surface area (Å²) in [7, 11) is 0. The molecule has 1 amide bonds. The third-order valence-corrected chi connectivity index (χ3v) is 5.71. The van der Waals surface area contributed by atoms with E-state index in [1.54, 1.807) is 0 Å². The zero-order chi connectivity index (χ0) is 17.5. The Morgan fingerprint density at radius 2 is 2.25 bits per heavy atom. The van der Waals surface area contributed by atoms with Crippen LogP contribution in [0.3, 0.4) is 0 Å². The quantitative estimate of drug-likeness (QED) is 0.761. The maximum atomic E-state index is 11.8. The van der Waals surface area contributed by atoms with Crippen LogP contribution in [0.25, 0.3) is 0 Å². The lowest BCUT2D eigenvalue weighted by atomic mass is 9.83. The summed E-state index contributed by atoms with van der Waals surface area (Å²) in [5, 5.41) is 10.3. The standard InChI is InChI=1S/C17H23N3O3S/c1-16(2,3)20(15(21)22)14-19-17(7-8-23-10-13(17)24-14)11-5-4-6-12(18)9-11/h4-6,9,13H,7-8,10,18H2,1-3H3,(H,21,22)/t13-,17-/m1/s1. The topological polar surface area (TPSA) is 88.2 Å². The molecule has 0 bridgehead atoms. The number of amidine groups is 1. The molecule has 6 nitrogen and oxygen atoms in total. The molecule has 0 unspecified atom stereocenters. The second-order valence-electron chi connectivity index (χ2n) is 7.16. The van der Waals surface area contributed by atoms with E-state index in [9.17, 15) is 9.90 Å². The summed E-state index contributed by atoms with van der Waals surface area (Å²) in [5.41, 5.74) is 6.63. The Balaban J connectivity index is 2.08. The molecule has 0 spiro atoms. The number of nitrogens with zero attached hydrogens (tertiary/aromatic N) is 2. The van der Waals surface area contributed by atoms with Crippen molar-refractivity contribution in [2.45, 2.75) is 43.5 Å². The maximum Gasteiger partial charge on any atom is 0.413 e. The summed E-state index contributed by atoms with van der Waals surface area (Å²) < 4.78 is 5.64. The number of anilines is 1. The van der Waals surface area contributed by atoms with Crippen LogP contribution in [-0.4, -0.2) is 45.3 Å². The first-order chi connectivity index (χ1) is 11.2. The highest BCUT2D eigenvalue weighted by Gasteiger charge is 2.51. The van der Waals surface area contributed by atoms with E-state index in [1.165, 1.54) is 16.7 Å². The van der Waals surface area contributed by atoms with E-state index in [0.29, 0.717) is 24.1 Å². The van der Waals surface area contributed by atoms with Gasteiger partial charge in [-0.25, -0.2) is 9.79 Å². The molecule has 0 aromatic heterocycles. The number of fused-ring (bicyclic) bond motifs is 1. The summed E-state index contributed by atoms with van der Waals surface area (Å²) in [5.74, 6) is 0. The Morgan fingerprint density at radius 1 is 1.50 bits per heavy atom. The molecule has 0 aliphatic carbocycles. The first kappa shape index (κ1) is 17.1. The van der Waals surface area contributed by atoms with Crippen LogP contribution in [0, 0.1) is 0 Å². The number of amides is 1. The van der Waals surface area contributed by atoms with Crippen molar-refractivity contribution in [1.82, 2.24) is 4.90 Å². The number of hydrogen-bond acceptors (Lipinski definition) is 5. The molecular weight excluding hydrogens is 326 g/mol. The molecule has 1 fully saturated rings. The molecule has 2 aliphatic heterocycles. The third kappa shape index (κ3) is 2.86. The van der Waals surface area contributed by atoms with Gasteiger partial charge in [-0.2, -0.15) is 0 Å². The lowest BCUT2D eigenvalue weighted by molar-refractivity contribution is 0.0609. The third-order valence-electron chi connectivity index (χ3n) is 4.41. The highest BCUT2D eigenvalue weighted by molar-refractivity contribution is 8.14. The number of benzene rings is 1. The van der Waals surface area contributed by atoms with Crippen molar-refractivity contribution in [3.63, 3.8) is 0 Å². The predicted molar refractivity (Wildman–Crippen MR) is 96.4 cm³/mol. The fourth-order valence-corrected chi connectivity index (χ4v) is 4.86. The Morgan fingerprint density at radius 3 is 2.88 bits per heavy atom. The number of nitrogen functional groups attached to an aromatic ring is 1. The first-order valence-corrected chi connectivity index (χ1v) is 8.85. The highest BCUT2D eigenvalue weighted by atomic mass is 32.2. The van der Waals surface area contributed by atoms with Crippen molar-refractivity contribution in [3.05, 3.63) is 29.8 Å². The summed E-state index contributed by atoms with van der Waals surface area (Å²) in [6.45, 7) is 6.76. The lowest BCUT2D eigenvalue weighted by Crippen LogP contribution is -2.47. The summed E-state index contributed by atoms with van der Waals surface area (Å²) in [4.78, 5) is 18.1. The molecule has 1 aromatic carbocycles. The van der Waals surface area contributed by atoms with E-state index in [2.05, 4.69) is 0 Å². The van der Waals surface area contributed by atoms with E-state index in [-0.39, 0.29) is 5.25 Å². The van der Waals surface area contributed by atoms with E-state index in [4.69, 9.17) is 15.5 Å². The minimum Gasteiger partial charge on any atom is -0.465 e. The van der Waals surface area contributed by atoms with Crippen molar-refractivity contribution in [2.24, 2.45) is 4.99 Å². The van der Waals surface area contributed by atoms with Crippen molar-refractivity contribution in [2.75, 3.05) is 18.9 Å². The normalized spacial score (nSPS) is 26.6. The summed E-state index contributed by atoms with van der Waals surface area (Å²) >= 11 is 1.49. The van der Waals surface area contributed by atoms with E-state index in [0.717, 1.165) is 12.0 Å². The lowest BCUT2D eigenvalue weighted by Gasteiger charge is -2.36. The molecule has 2 heterocycles. The van der Waals surface area contributed by atoms with Gasteiger partial charge in [0.15, 0.2) is 5.17 Å². The molecule has 24 heavy (non-hydrogen) atoms. The van der Waals surface area contributed by atoms with Crippen LogP contribution in [0.15, 0.2) is 29.3 Å². The van der Waals surface area contributed by atoms with Gasteiger partial charge < -0.3 is 15.6 Å². The van der Waals surface area contributed by atoms with E-state index < -0.39 is 17.2 Å². The monoisotopic (exact) mass is 349 g/mol. The summed E-state index contributed by atoms with van der Waals surface area (Å²) in [6, 6.07) is 7.72. The van der Waals surface area contributed by atoms with Gasteiger partial charge in [-0.3, -0.25) is 4.90 Å². The van der Waals surface area contributed by atoms with Crippen molar-refractivity contribution in [1.29, 1.82) is 0 Å². The Kier molecular flexibility index (Phi) is 4.25. The van der Waals surface area contributed by atoms with E-state index in [1.807, 2.05) is 45.0 Å². The van der Waals surface area contributed by atoms with Crippen molar-refractivity contribution in [3.8, 4) is 0 Å². The SMILES string of the molecule is CC(C)(C)N(C(=O)O)C1=N[C@@]2(c3cccc(N)c3)CCOC[C@H]2S1. The molecule has 3 rings (SSSR count). The van der Waals surface area contributed by atoms with Crippen molar-refractivity contribution < 1.29 is 14.6 Å². The molecule has 7 heteroatoms. The van der Waals surface area contributed by atoms with E-state index >= 15 is 0 Å². The molecule has 1 saturated heterocycles. The van der Waals surface area contributed by atoms with Crippen LogP contribution < -0.4 is 5.73 Å². The fraction of sp³-hybridized carbons (Fsp3) is 0.529. The molecule has 3 N–H and O–H groups in total. The molecule has 2 atom stereocenters. The number of ether oxygens (including phenoxy) is 1. The number of nitrogens with two attached hydrogens (primary N) is 1. The number of rotatable bonds is 1. The zero-order valence-electron chi connectivity index (χ0n) is 14.2. The molecule has 0 radical (unpaired) electrons. The van der Waals surface area contributed by atoms with Crippen LogP contribution in [0.4, 0.5) is 10.5 Å². The Bertz CT molecular complexity index is 686. The van der Waals surface area contributed by atoms with Gasteiger partial charge in [0, 0.05) is 24.3 Å². The van der Waals surface area contributed by atoms with Gasteiger partial charge in [-0.1, -0.05) is 23.9 Å². The maximum absolute atomic E-state index is 11.8. The number of aliphatic imine (C=N–C) groups is 1. The smallest absolute Gasteiger partial charge is 0.413 e. The van der Waals surface area contributed by atoms with Gasteiger partial charge in [0.1, 0.15) is 5.54 Å². The highest BCUT2D eigenvalue weighted by Crippen LogP contribution is 2.49. The number of thioether (sulfide) groups is 1. The van der Waals surface area contributed by atoms with Crippen LogP contribution >= 0.6 is 11.8 Å².